The van der Waals surface area contributed by atoms with Crippen LogP contribution in [0.1, 0.15) is 18.9 Å². The van der Waals surface area contributed by atoms with Gasteiger partial charge >= 0.3 is 0 Å². The van der Waals surface area contributed by atoms with Gasteiger partial charge in [0.25, 0.3) is 0 Å². The standard InChI is InChI=1S/C22H22O/c1-3-10-19-15-16-20(17-11-6-4-7-12-17)21(22(19)23-2)18-13-8-5-9-14-18/h4-9,11-16H,3,10H2,1-2H3. The molecule has 0 atom stereocenters. The number of ether oxygens (including phenoxy) is 1. The molecule has 0 saturated heterocycles. The lowest BCUT2D eigenvalue weighted by atomic mass is 9.90. The molecule has 23 heavy (non-hydrogen) atoms. The van der Waals surface area contributed by atoms with Crippen molar-refractivity contribution < 1.29 is 4.74 Å². The molecule has 0 spiro atoms. The van der Waals surface area contributed by atoms with Crippen molar-refractivity contribution in [2.24, 2.45) is 0 Å². The molecule has 116 valence electrons. The van der Waals surface area contributed by atoms with E-state index in [1.807, 2.05) is 12.1 Å². The Hall–Kier alpha value is -2.54. The van der Waals surface area contributed by atoms with Crippen LogP contribution in [0.4, 0.5) is 0 Å². The average molecular weight is 302 g/mol. The van der Waals surface area contributed by atoms with Gasteiger partial charge in [-0.15, -0.1) is 0 Å². The summed E-state index contributed by atoms with van der Waals surface area (Å²) in [5.74, 6) is 0.999. The molecular weight excluding hydrogens is 280 g/mol. The fourth-order valence-corrected chi connectivity index (χ4v) is 3.07. The normalized spacial score (nSPS) is 10.5. The minimum Gasteiger partial charge on any atom is -0.496 e. The maximum absolute atomic E-state index is 5.85. The van der Waals surface area contributed by atoms with Gasteiger partial charge < -0.3 is 4.74 Å². The third kappa shape index (κ3) is 3.14. The van der Waals surface area contributed by atoms with Crippen LogP contribution in [0, 0.1) is 0 Å². The van der Waals surface area contributed by atoms with Crippen LogP contribution < -0.4 is 4.74 Å². The van der Waals surface area contributed by atoms with Crippen LogP contribution in [0.15, 0.2) is 72.8 Å². The molecule has 1 nitrogen and oxygen atoms in total. The number of hydrogen-bond donors (Lipinski definition) is 0. The first-order valence-corrected chi connectivity index (χ1v) is 8.16. The summed E-state index contributed by atoms with van der Waals surface area (Å²) in [7, 11) is 1.77. The second-order valence-electron chi connectivity index (χ2n) is 5.66. The Balaban J connectivity index is 2.28. The Bertz CT molecular complexity index is 761. The van der Waals surface area contributed by atoms with Crippen LogP contribution in [0.3, 0.4) is 0 Å². The zero-order chi connectivity index (χ0) is 16.1. The number of methoxy groups -OCH3 is 1. The Morgan fingerprint density at radius 3 is 1.91 bits per heavy atom. The summed E-state index contributed by atoms with van der Waals surface area (Å²) in [6, 6.07) is 25.5. The first-order chi connectivity index (χ1) is 11.3. The smallest absolute Gasteiger partial charge is 0.130 e. The molecule has 0 saturated carbocycles. The van der Waals surface area contributed by atoms with E-state index < -0.39 is 0 Å². The summed E-state index contributed by atoms with van der Waals surface area (Å²) in [5.41, 5.74) is 6.08. The van der Waals surface area contributed by atoms with Crippen LogP contribution in [0.25, 0.3) is 22.3 Å². The van der Waals surface area contributed by atoms with Gasteiger partial charge in [-0.2, -0.15) is 0 Å². The zero-order valence-electron chi connectivity index (χ0n) is 13.8. The van der Waals surface area contributed by atoms with E-state index in [0.717, 1.165) is 18.6 Å². The van der Waals surface area contributed by atoms with Gasteiger partial charge in [-0.1, -0.05) is 86.1 Å². The number of benzene rings is 3. The van der Waals surface area contributed by atoms with Gasteiger partial charge in [0.15, 0.2) is 0 Å². The predicted octanol–water partition coefficient (Wildman–Crippen LogP) is 5.98. The Morgan fingerprint density at radius 1 is 0.739 bits per heavy atom. The summed E-state index contributed by atoms with van der Waals surface area (Å²) >= 11 is 0. The molecule has 0 heterocycles. The lowest BCUT2D eigenvalue weighted by Gasteiger charge is -2.18. The molecule has 3 aromatic carbocycles. The summed E-state index contributed by atoms with van der Waals surface area (Å²) in [6.45, 7) is 2.20. The second kappa shape index (κ2) is 7.15. The Labute approximate surface area is 138 Å². The fourth-order valence-electron chi connectivity index (χ4n) is 3.07. The maximum Gasteiger partial charge on any atom is 0.130 e. The van der Waals surface area contributed by atoms with Gasteiger partial charge in [0, 0.05) is 5.56 Å². The third-order valence-corrected chi connectivity index (χ3v) is 4.11. The highest BCUT2D eigenvalue weighted by atomic mass is 16.5. The van der Waals surface area contributed by atoms with Crippen LogP contribution in [0.5, 0.6) is 5.75 Å². The molecule has 0 amide bonds. The van der Waals surface area contributed by atoms with Crippen molar-refractivity contribution >= 4 is 0 Å². The van der Waals surface area contributed by atoms with Gasteiger partial charge in [0.1, 0.15) is 5.75 Å². The first kappa shape index (κ1) is 15.4. The molecule has 0 radical (unpaired) electrons. The number of aryl methyl sites for hydroxylation is 1. The molecular formula is C22H22O. The Kier molecular flexibility index (Phi) is 4.77. The van der Waals surface area contributed by atoms with E-state index in [1.165, 1.54) is 27.8 Å². The van der Waals surface area contributed by atoms with Crippen LogP contribution in [0.2, 0.25) is 0 Å². The summed E-state index contributed by atoms with van der Waals surface area (Å²) in [5, 5.41) is 0. The first-order valence-electron chi connectivity index (χ1n) is 8.16. The highest BCUT2D eigenvalue weighted by Crippen LogP contribution is 2.41. The minimum atomic E-state index is 0.999. The maximum atomic E-state index is 5.85. The average Bonchev–Trinajstić information content (AvgIpc) is 2.63. The monoisotopic (exact) mass is 302 g/mol. The van der Waals surface area contributed by atoms with E-state index in [-0.39, 0.29) is 0 Å². The predicted molar refractivity (Wildman–Crippen MR) is 97.9 cm³/mol. The lowest BCUT2D eigenvalue weighted by Crippen LogP contribution is -1.97. The molecule has 0 aliphatic rings. The second-order valence-corrected chi connectivity index (χ2v) is 5.66. The SMILES string of the molecule is CCCc1ccc(-c2ccccc2)c(-c2ccccc2)c1OC. The van der Waals surface area contributed by atoms with Crippen LogP contribution in [-0.2, 0) is 6.42 Å². The molecule has 0 aliphatic heterocycles. The molecule has 0 N–H and O–H groups in total. The summed E-state index contributed by atoms with van der Waals surface area (Å²) in [4.78, 5) is 0. The van der Waals surface area contributed by atoms with Crippen molar-refractivity contribution in [3.05, 3.63) is 78.4 Å². The van der Waals surface area contributed by atoms with E-state index in [9.17, 15) is 0 Å². The van der Waals surface area contributed by atoms with Crippen LogP contribution in [-0.4, -0.2) is 7.11 Å². The minimum absolute atomic E-state index is 0.999. The summed E-state index contributed by atoms with van der Waals surface area (Å²) < 4.78 is 5.85. The van der Waals surface area contributed by atoms with Crippen molar-refractivity contribution in [3.63, 3.8) is 0 Å². The molecule has 0 aromatic heterocycles. The lowest BCUT2D eigenvalue weighted by molar-refractivity contribution is 0.411. The van der Waals surface area contributed by atoms with Crippen molar-refractivity contribution in [1.29, 1.82) is 0 Å². The largest absolute Gasteiger partial charge is 0.496 e. The molecule has 0 aliphatic carbocycles. The molecule has 0 fully saturated rings. The number of rotatable bonds is 5. The zero-order valence-corrected chi connectivity index (χ0v) is 13.8. The highest BCUT2D eigenvalue weighted by Gasteiger charge is 2.16. The topological polar surface area (TPSA) is 9.23 Å². The third-order valence-electron chi connectivity index (χ3n) is 4.11. The van der Waals surface area contributed by atoms with Gasteiger partial charge in [-0.25, -0.2) is 0 Å². The van der Waals surface area contributed by atoms with Gasteiger partial charge in [-0.05, 0) is 28.7 Å². The quantitative estimate of drug-likeness (QED) is 0.563. The van der Waals surface area contributed by atoms with E-state index in [1.54, 1.807) is 7.11 Å². The van der Waals surface area contributed by atoms with E-state index in [2.05, 4.69) is 67.6 Å². The van der Waals surface area contributed by atoms with E-state index in [4.69, 9.17) is 4.74 Å². The summed E-state index contributed by atoms with van der Waals surface area (Å²) in [6.07, 6.45) is 2.13. The van der Waals surface area contributed by atoms with Gasteiger partial charge in [-0.3, -0.25) is 0 Å². The molecule has 3 rings (SSSR count). The van der Waals surface area contributed by atoms with Crippen molar-refractivity contribution in [1.82, 2.24) is 0 Å². The molecule has 3 aromatic rings. The van der Waals surface area contributed by atoms with E-state index in [0.29, 0.717) is 0 Å². The molecule has 0 bridgehead atoms. The molecule has 1 heteroatoms. The van der Waals surface area contributed by atoms with E-state index >= 15 is 0 Å². The van der Waals surface area contributed by atoms with Crippen molar-refractivity contribution in [2.45, 2.75) is 19.8 Å². The van der Waals surface area contributed by atoms with Crippen molar-refractivity contribution in [2.75, 3.05) is 7.11 Å². The van der Waals surface area contributed by atoms with Crippen molar-refractivity contribution in [3.8, 4) is 28.0 Å². The fraction of sp³-hybridized carbons (Fsp3) is 0.182. The van der Waals surface area contributed by atoms with Gasteiger partial charge in [0.2, 0.25) is 0 Å². The number of hydrogen-bond acceptors (Lipinski definition) is 1. The van der Waals surface area contributed by atoms with Crippen LogP contribution >= 0.6 is 0 Å². The van der Waals surface area contributed by atoms with Gasteiger partial charge in [0.05, 0.1) is 7.11 Å². The highest BCUT2D eigenvalue weighted by molar-refractivity contribution is 5.88. The Morgan fingerprint density at radius 2 is 1.35 bits per heavy atom. The molecule has 0 unspecified atom stereocenters.